The molecule has 0 amide bonds. The molecule has 2 N–H and O–H groups in total. The maximum Gasteiger partial charge on any atom is 0.0877 e. The molecule has 0 radical (unpaired) electrons. The van der Waals surface area contributed by atoms with Crippen LogP contribution in [0.5, 0.6) is 0 Å². The second kappa shape index (κ2) is 2.49. The van der Waals surface area contributed by atoms with Crippen molar-refractivity contribution in [3.8, 4) is 0 Å². The summed E-state index contributed by atoms with van der Waals surface area (Å²) in [5, 5.41) is 2.35. The Kier molecular flexibility index (Phi) is 2.48. The van der Waals surface area contributed by atoms with Gasteiger partial charge < -0.3 is 5.32 Å². The second-order valence-corrected chi connectivity index (χ2v) is 3.78. The third kappa shape index (κ3) is 5.96. The van der Waals surface area contributed by atoms with E-state index in [1.54, 1.807) is 0 Å². The van der Waals surface area contributed by atoms with Crippen molar-refractivity contribution in [2.45, 2.75) is 46.2 Å². The fourth-order valence-electron chi connectivity index (χ4n) is 1.00. The Morgan fingerprint density at radius 3 is 1.50 bits per heavy atom. The molecule has 0 fully saturated rings. The zero-order valence-corrected chi connectivity index (χ0v) is 6.65. The van der Waals surface area contributed by atoms with Gasteiger partial charge in [0.05, 0.1) is 11.6 Å². The fourth-order valence-corrected chi connectivity index (χ4v) is 1.00. The van der Waals surface area contributed by atoms with E-state index in [1.165, 1.54) is 0 Å². The number of hydrogen-bond donors (Lipinski definition) is 1. The zero-order valence-electron chi connectivity index (χ0n) is 6.65. The molecule has 8 heavy (non-hydrogen) atoms. The van der Waals surface area contributed by atoms with E-state index in [2.05, 4.69) is 39.9 Å². The molecule has 0 heterocycles. The van der Waals surface area contributed by atoms with Crippen molar-refractivity contribution in [1.29, 1.82) is 0 Å². The molecule has 0 atom stereocenters. The highest BCUT2D eigenvalue weighted by molar-refractivity contribution is 4.53. The lowest BCUT2D eigenvalue weighted by Gasteiger charge is -2.19. The predicted molar refractivity (Wildman–Crippen MR) is 36.8 cm³/mol. The maximum atomic E-state index is 2.35. The Bertz CT molecular complexity index is 59.3. The van der Waals surface area contributed by atoms with E-state index in [1.807, 2.05) is 0 Å². The first-order valence-electron chi connectivity index (χ1n) is 3.28. The van der Waals surface area contributed by atoms with Crippen molar-refractivity contribution in [3.05, 3.63) is 0 Å². The monoisotopic (exact) mass is 116 g/mol. The molecule has 0 spiro atoms. The van der Waals surface area contributed by atoms with Gasteiger partial charge in [-0.25, -0.2) is 0 Å². The summed E-state index contributed by atoms with van der Waals surface area (Å²) < 4.78 is 0. The molecule has 0 unspecified atom stereocenters. The van der Waals surface area contributed by atoms with E-state index < -0.39 is 0 Å². The molecular weight excluding hydrogens is 98.1 g/mol. The van der Waals surface area contributed by atoms with Gasteiger partial charge in [-0.3, -0.25) is 0 Å². The molecule has 0 aromatic heterocycles. The van der Waals surface area contributed by atoms with Crippen LogP contribution in [0.25, 0.3) is 0 Å². The first-order valence-corrected chi connectivity index (χ1v) is 3.28. The smallest absolute Gasteiger partial charge is 0.0877 e. The van der Waals surface area contributed by atoms with Crippen molar-refractivity contribution in [2.75, 3.05) is 0 Å². The molecular formula is C7H18N+. The van der Waals surface area contributed by atoms with Crippen LogP contribution < -0.4 is 5.32 Å². The van der Waals surface area contributed by atoms with E-state index in [4.69, 9.17) is 0 Å². The third-order valence-corrected chi connectivity index (χ3v) is 0.833. The summed E-state index contributed by atoms with van der Waals surface area (Å²) >= 11 is 0. The van der Waals surface area contributed by atoms with Gasteiger partial charge >= 0.3 is 0 Å². The lowest BCUT2D eigenvalue weighted by atomic mass is 10.1. The summed E-state index contributed by atoms with van der Waals surface area (Å²) in [6.45, 7) is 11.1. The van der Waals surface area contributed by atoms with E-state index >= 15 is 0 Å². The van der Waals surface area contributed by atoms with E-state index in [-0.39, 0.29) is 0 Å². The van der Waals surface area contributed by atoms with Gasteiger partial charge in [0.15, 0.2) is 0 Å². The molecule has 1 nitrogen and oxygen atoms in total. The van der Waals surface area contributed by atoms with Crippen molar-refractivity contribution < 1.29 is 5.32 Å². The van der Waals surface area contributed by atoms with Crippen LogP contribution >= 0.6 is 0 Å². The summed E-state index contributed by atoms with van der Waals surface area (Å²) in [5.74, 6) is 0. The standard InChI is InChI=1S/C7H17N/c1-6(2)8-7(3,4)5/h6,8H,1-5H3/p+1. The van der Waals surface area contributed by atoms with Crippen LogP contribution in [0, 0.1) is 0 Å². The van der Waals surface area contributed by atoms with Crippen molar-refractivity contribution >= 4 is 0 Å². The molecule has 0 saturated carbocycles. The van der Waals surface area contributed by atoms with E-state index in [0.717, 1.165) is 6.04 Å². The quantitative estimate of drug-likeness (QED) is 0.521. The van der Waals surface area contributed by atoms with Crippen LogP contribution in [0.2, 0.25) is 0 Å². The van der Waals surface area contributed by atoms with Crippen LogP contribution in [-0.4, -0.2) is 11.6 Å². The van der Waals surface area contributed by atoms with E-state index in [0.29, 0.717) is 5.54 Å². The van der Waals surface area contributed by atoms with Gasteiger partial charge in [0.25, 0.3) is 0 Å². The average molecular weight is 116 g/mol. The Balaban J connectivity index is 3.39. The molecule has 0 aromatic rings. The summed E-state index contributed by atoms with van der Waals surface area (Å²) in [7, 11) is 0. The summed E-state index contributed by atoms with van der Waals surface area (Å²) in [5.41, 5.74) is 0.397. The van der Waals surface area contributed by atoms with Gasteiger partial charge in [0.2, 0.25) is 0 Å². The lowest BCUT2D eigenvalue weighted by molar-refractivity contribution is -0.741. The Labute approximate surface area is 52.5 Å². The largest absolute Gasteiger partial charge is 0.340 e. The minimum absolute atomic E-state index is 0.397. The zero-order chi connectivity index (χ0) is 6.78. The Morgan fingerprint density at radius 1 is 1.12 bits per heavy atom. The molecule has 0 aliphatic carbocycles. The molecule has 0 aliphatic heterocycles. The Hall–Kier alpha value is -0.0400. The molecule has 1 heteroatoms. The highest BCUT2D eigenvalue weighted by Crippen LogP contribution is 1.89. The van der Waals surface area contributed by atoms with Crippen LogP contribution in [0.4, 0.5) is 0 Å². The Morgan fingerprint density at radius 2 is 1.50 bits per heavy atom. The van der Waals surface area contributed by atoms with Crippen LogP contribution in [0.1, 0.15) is 34.6 Å². The number of nitrogens with two attached hydrogens (primary N) is 1. The molecule has 0 rings (SSSR count). The van der Waals surface area contributed by atoms with Gasteiger partial charge in [-0.05, 0) is 34.6 Å². The van der Waals surface area contributed by atoms with Gasteiger partial charge in [-0.15, -0.1) is 0 Å². The normalized spacial score (nSPS) is 12.8. The minimum atomic E-state index is 0.397. The molecule has 0 saturated heterocycles. The first kappa shape index (κ1) is 7.96. The summed E-state index contributed by atoms with van der Waals surface area (Å²) in [6, 6.07) is 0.718. The molecule has 0 aliphatic rings. The van der Waals surface area contributed by atoms with E-state index in [9.17, 15) is 0 Å². The highest BCUT2D eigenvalue weighted by Gasteiger charge is 2.13. The van der Waals surface area contributed by atoms with Gasteiger partial charge in [-0.1, -0.05) is 0 Å². The third-order valence-electron chi connectivity index (χ3n) is 0.833. The van der Waals surface area contributed by atoms with Crippen LogP contribution in [0.3, 0.4) is 0 Å². The van der Waals surface area contributed by atoms with Crippen molar-refractivity contribution in [1.82, 2.24) is 0 Å². The van der Waals surface area contributed by atoms with Crippen molar-refractivity contribution in [3.63, 3.8) is 0 Å². The predicted octanol–water partition coefficient (Wildman–Crippen LogP) is 0.757. The van der Waals surface area contributed by atoms with Crippen LogP contribution in [-0.2, 0) is 0 Å². The summed E-state index contributed by atoms with van der Waals surface area (Å²) in [4.78, 5) is 0. The topological polar surface area (TPSA) is 16.6 Å². The molecule has 0 bridgehead atoms. The molecule has 0 aromatic carbocycles. The lowest BCUT2D eigenvalue weighted by Crippen LogP contribution is -2.97. The number of quaternary nitrogens is 1. The SMILES string of the molecule is CC(C)[NH2+]C(C)(C)C. The minimum Gasteiger partial charge on any atom is -0.340 e. The van der Waals surface area contributed by atoms with Gasteiger partial charge in [0, 0.05) is 0 Å². The highest BCUT2D eigenvalue weighted by atomic mass is 15.0. The van der Waals surface area contributed by atoms with Crippen LogP contribution in [0.15, 0.2) is 0 Å². The number of hydrogen-bond acceptors (Lipinski definition) is 0. The average Bonchev–Trinajstić information content (AvgIpc) is 1.21. The first-order chi connectivity index (χ1) is 3.42. The van der Waals surface area contributed by atoms with Gasteiger partial charge in [0.1, 0.15) is 0 Å². The van der Waals surface area contributed by atoms with Crippen molar-refractivity contribution in [2.24, 2.45) is 0 Å². The maximum absolute atomic E-state index is 2.35. The second-order valence-electron chi connectivity index (χ2n) is 3.78. The fraction of sp³-hybridized carbons (Fsp3) is 1.00. The molecule has 50 valence electrons. The summed E-state index contributed by atoms with van der Waals surface area (Å²) in [6.07, 6.45) is 0. The number of rotatable bonds is 1. The van der Waals surface area contributed by atoms with Gasteiger partial charge in [-0.2, -0.15) is 0 Å².